The lowest BCUT2D eigenvalue weighted by molar-refractivity contribution is -0.119. The number of carbonyl (C=O) groups excluding carboxylic acids is 1. The molecule has 8 heteroatoms. The Morgan fingerprint density at radius 3 is 2.68 bits per heavy atom. The molecule has 0 bridgehead atoms. The van der Waals surface area contributed by atoms with Crippen molar-refractivity contribution in [2.24, 2.45) is 0 Å². The standard InChI is InChI=1S/C23H19N5OS2/c1-15-24-22-17-10-5-6-11-18(17)25-23(28(22)27-15)31-14-20(29)26-21(19-12-7-13-30-19)16-8-3-2-4-9-16/h2-13,21H,14H2,1H3,(H,26,29). The lowest BCUT2D eigenvalue weighted by atomic mass is 10.1. The maximum Gasteiger partial charge on any atom is 0.231 e. The van der Waals surface area contributed by atoms with Gasteiger partial charge >= 0.3 is 0 Å². The summed E-state index contributed by atoms with van der Waals surface area (Å²) in [5, 5.41) is 11.3. The van der Waals surface area contributed by atoms with E-state index in [9.17, 15) is 4.79 Å². The average Bonchev–Trinajstić information content (AvgIpc) is 3.46. The molecule has 5 aromatic rings. The van der Waals surface area contributed by atoms with Crippen molar-refractivity contribution >= 4 is 45.6 Å². The van der Waals surface area contributed by atoms with E-state index in [2.05, 4.69) is 15.4 Å². The van der Waals surface area contributed by atoms with Gasteiger partial charge in [0.05, 0.1) is 17.3 Å². The van der Waals surface area contributed by atoms with Gasteiger partial charge < -0.3 is 5.32 Å². The van der Waals surface area contributed by atoms with E-state index in [1.165, 1.54) is 11.8 Å². The Bertz CT molecular complexity index is 1350. The third-order valence-corrected chi connectivity index (χ3v) is 6.72. The molecule has 3 heterocycles. The predicted molar refractivity (Wildman–Crippen MR) is 124 cm³/mol. The Kier molecular flexibility index (Phi) is 5.40. The highest BCUT2D eigenvalue weighted by Crippen LogP contribution is 2.27. The Morgan fingerprint density at radius 1 is 1.06 bits per heavy atom. The number of benzene rings is 2. The van der Waals surface area contributed by atoms with Gasteiger partial charge in [-0.25, -0.2) is 9.97 Å². The molecule has 0 aliphatic rings. The number of hydrogen-bond donors (Lipinski definition) is 1. The summed E-state index contributed by atoms with van der Waals surface area (Å²) in [6.45, 7) is 1.86. The SMILES string of the molecule is Cc1nc2c3ccccc3nc(SCC(=O)NC(c3ccccc3)c3cccs3)n2n1. The molecule has 1 amide bonds. The molecule has 0 aliphatic carbocycles. The Morgan fingerprint density at radius 2 is 1.87 bits per heavy atom. The molecule has 1 N–H and O–H groups in total. The highest BCUT2D eigenvalue weighted by atomic mass is 32.2. The molecule has 0 radical (unpaired) electrons. The smallest absolute Gasteiger partial charge is 0.231 e. The Labute approximate surface area is 187 Å². The number of thioether (sulfide) groups is 1. The number of carbonyl (C=O) groups is 1. The van der Waals surface area contributed by atoms with Crippen LogP contribution in [0.3, 0.4) is 0 Å². The van der Waals surface area contributed by atoms with Crippen LogP contribution in [0.1, 0.15) is 22.3 Å². The number of hydrogen-bond acceptors (Lipinski definition) is 6. The molecule has 0 saturated heterocycles. The third kappa shape index (κ3) is 4.04. The van der Waals surface area contributed by atoms with E-state index in [-0.39, 0.29) is 17.7 Å². The summed E-state index contributed by atoms with van der Waals surface area (Å²) in [5.74, 6) is 0.840. The number of nitrogens with one attached hydrogen (secondary N) is 1. The first kappa shape index (κ1) is 19.7. The second-order valence-electron chi connectivity index (χ2n) is 7.02. The molecule has 154 valence electrons. The highest BCUT2D eigenvalue weighted by molar-refractivity contribution is 7.99. The number of para-hydroxylation sites is 1. The molecule has 0 fully saturated rings. The zero-order valence-electron chi connectivity index (χ0n) is 16.7. The molecule has 6 nitrogen and oxygen atoms in total. The van der Waals surface area contributed by atoms with E-state index in [1.807, 2.05) is 79.0 Å². The highest BCUT2D eigenvalue weighted by Gasteiger charge is 2.19. The largest absolute Gasteiger partial charge is 0.344 e. The predicted octanol–water partition coefficient (Wildman–Crippen LogP) is 4.65. The molecule has 2 aromatic carbocycles. The molecule has 1 unspecified atom stereocenters. The van der Waals surface area contributed by atoms with E-state index < -0.39 is 0 Å². The van der Waals surface area contributed by atoms with Crippen molar-refractivity contribution in [3.05, 3.63) is 88.4 Å². The van der Waals surface area contributed by atoms with Crippen molar-refractivity contribution in [2.75, 3.05) is 5.75 Å². The van der Waals surface area contributed by atoms with Crippen LogP contribution in [0.5, 0.6) is 0 Å². The van der Waals surface area contributed by atoms with Crippen LogP contribution < -0.4 is 5.32 Å². The fraction of sp³-hybridized carbons (Fsp3) is 0.130. The van der Waals surface area contributed by atoms with Gasteiger partial charge in [0.25, 0.3) is 0 Å². The van der Waals surface area contributed by atoms with Gasteiger partial charge in [0.1, 0.15) is 5.82 Å². The fourth-order valence-corrected chi connectivity index (χ4v) is 5.04. The maximum absolute atomic E-state index is 12.9. The molecular weight excluding hydrogens is 426 g/mol. The van der Waals surface area contributed by atoms with Gasteiger partial charge in [0.15, 0.2) is 10.8 Å². The van der Waals surface area contributed by atoms with Crippen molar-refractivity contribution in [3.63, 3.8) is 0 Å². The van der Waals surface area contributed by atoms with Crippen molar-refractivity contribution in [1.29, 1.82) is 0 Å². The molecule has 1 atom stereocenters. The molecular formula is C23H19N5OS2. The van der Waals surface area contributed by atoms with E-state index >= 15 is 0 Å². The van der Waals surface area contributed by atoms with Gasteiger partial charge in [0.2, 0.25) is 5.91 Å². The van der Waals surface area contributed by atoms with Crippen LogP contribution in [-0.4, -0.2) is 31.2 Å². The molecule has 0 aliphatic heterocycles. The van der Waals surface area contributed by atoms with Crippen LogP contribution in [0.15, 0.2) is 77.3 Å². The molecule has 0 saturated carbocycles. The summed E-state index contributed by atoms with van der Waals surface area (Å²) in [6, 6.07) is 21.7. The summed E-state index contributed by atoms with van der Waals surface area (Å²) < 4.78 is 1.73. The molecule has 3 aromatic heterocycles. The minimum absolute atomic E-state index is 0.0628. The summed E-state index contributed by atoms with van der Waals surface area (Å²) in [5.41, 5.74) is 2.65. The zero-order chi connectivity index (χ0) is 21.2. The van der Waals surface area contributed by atoms with Crippen LogP contribution >= 0.6 is 23.1 Å². The quantitative estimate of drug-likeness (QED) is 0.304. The summed E-state index contributed by atoms with van der Waals surface area (Å²) in [6.07, 6.45) is 0. The lowest BCUT2D eigenvalue weighted by Gasteiger charge is -2.18. The van der Waals surface area contributed by atoms with Gasteiger partial charge in [-0.15, -0.1) is 16.4 Å². The number of nitrogens with zero attached hydrogens (tertiary/aromatic N) is 4. The van der Waals surface area contributed by atoms with Crippen LogP contribution in [-0.2, 0) is 4.79 Å². The third-order valence-electron chi connectivity index (χ3n) is 4.85. The lowest BCUT2D eigenvalue weighted by Crippen LogP contribution is -2.30. The van der Waals surface area contributed by atoms with Gasteiger partial charge in [-0.2, -0.15) is 4.52 Å². The number of fused-ring (bicyclic) bond motifs is 3. The zero-order valence-corrected chi connectivity index (χ0v) is 18.4. The second-order valence-corrected chi connectivity index (χ2v) is 8.94. The number of thiophene rings is 1. The minimum Gasteiger partial charge on any atom is -0.344 e. The first-order chi connectivity index (χ1) is 15.2. The van der Waals surface area contributed by atoms with Crippen LogP contribution in [0, 0.1) is 6.92 Å². The maximum atomic E-state index is 12.9. The number of rotatable bonds is 6. The Hall–Kier alpha value is -3.23. The van der Waals surface area contributed by atoms with Gasteiger partial charge in [-0.05, 0) is 36.1 Å². The normalized spacial score (nSPS) is 12.3. The number of aromatic nitrogens is 4. The van der Waals surface area contributed by atoms with Crippen molar-refractivity contribution in [3.8, 4) is 0 Å². The molecule has 31 heavy (non-hydrogen) atoms. The van der Waals surface area contributed by atoms with Crippen LogP contribution in [0.4, 0.5) is 0 Å². The average molecular weight is 446 g/mol. The van der Waals surface area contributed by atoms with Crippen LogP contribution in [0.2, 0.25) is 0 Å². The number of aryl methyl sites for hydroxylation is 1. The van der Waals surface area contributed by atoms with E-state index in [4.69, 9.17) is 4.98 Å². The van der Waals surface area contributed by atoms with Gasteiger partial charge in [-0.3, -0.25) is 4.79 Å². The first-order valence-electron chi connectivity index (χ1n) is 9.81. The first-order valence-corrected chi connectivity index (χ1v) is 11.7. The molecule has 0 spiro atoms. The minimum atomic E-state index is -0.174. The van der Waals surface area contributed by atoms with E-state index in [1.54, 1.807) is 15.9 Å². The monoisotopic (exact) mass is 445 g/mol. The van der Waals surface area contributed by atoms with Crippen molar-refractivity contribution in [1.82, 2.24) is 24.9 Å². The topological polar surface area (TPSA) is 72.2 Å². The van der Waals surface area contributed by atoms with E-state index in [0.717, 1.165) is 27.0 Å². The van der Waals surface area contributed by atoms with Crippen molar-refractivity contribution in [2.45, 2.75) is 18.1 Å². The van der Waals surface area contributed by atoms with E-state index in [0.29, 0.717) is 11.0 Å². The summed E-state index contributed by atoms with van der Waals surface area (Å²) in [4.78, 5) is 23.3. The van der Waals surface area contributed by atoms with Gasteiger partial charge in [0, 0.05) is 10.3 Å². The Balaban J connectivity index is 1.39. The second kappa shape index (κ2) is 8.49. The summed E-state index contributed by atoms with van der Waals surface area (Å²) >= 11 is 2.99. The number of amides is 1. The van der Waals surface area contributed by atoms with Gasteiger partial charge in [-0.1, -0.05) is 60.3 Å². The summed E-state index contributed by atoms with van der Waals surface area (Å²) in [7, 11) is 0. The fourth-order valence-electron chi connectivity index (χ4n) is 3.48. The molecule has 5 rings (SSSR count). The van der Waals surface area contributed by atoms with Crippen molar-refractivity contribution < 1.29 is 4.79 Å². The van der Waals surface area contributed by atoms with Crippen LogP contribution in [0.25, 0.3) is 16.6 Å².